The summed E-state index contributed by atoms with van der Waals surface area (Å²) in [6.45, 7) is 4.86. The van der Waals surface area contributed by atoms with Gasteiger partial charge in [-0.15, -0.1) is 0 Å². The van der Waals surface area contributed by atoms with Crippen molar-refractivity contribution in [3.8, 4) is 0 Å². The van der Waals surface area contributed by atoms with Crippen LogP contribution in [0, 0.1) is 0 Å². The van der Waals surface area contributed by atoms with E-state index in [-0.39, 0.29) is 23.7 Å². The molecule has 108 valence electrons. The van der Waals surface area contributed by atoms with Gasteiger partial charge in [-0.25, -0.2) is 4.79 Å². The van der Waals surface area contributed by atoms with Gasteiger partial charge in [-0.2, -0.15) is 0 Å². The molecule has 0 radical (unpaired) electrons. The molecule has 2 rings (SSSR count). The van der Waals surface area contributed by atoms with Crippen LogP contribution in [-0.2, 0) is 4.74 Å². The second-order valence-corrected chi connectivity index (χ2v) is 5.92. The van der Waals surface area contributed by atoms with Crippen LogP contribution in [0.1, 0.15) is 34.6 Å². The summed E-state index contributed by atoms with van der Waals surface area (Å²) in [5.74, 6) is -1.22. The van der Waals surface area contributed by atoms with Gasteiger partial charge in [-0.3, -0.25) is 4.79 Å². The van der Waals surface area contributed by atoms with Crippen molar-refractivity contribution in [2.45, 2.75) is 26.1 Å². The van der Waals surface area contributed by atoms with E-state index >= 15 is 0 Å². The Labute approximate surface area is 125 Å². The minimum atomic E-state index is -1.05. The highest BCUT2D eigenvalue weighted by Crippen LogP contribution is 2.19. The molecule has 20 heavy (non-hydrogen) atoms. The van der Waals surface area contributed by atoms with Crippen molar-refractivity contribution in [2.75, 3.05) is 13.1 Å². The fourth-order valence-corrected chi connectivity index (χ4v) is 2.86. The van der Waals surface area contributed by atoms with Crippen LogP contribution in [0.2, 0.25) is 0 Å². The van der Waals surface area contributed by atoms with Gasteiger partial charge in [0.25, 0.3) is 5.91 Å². The van der Waals surface area contributed by atoms with Crippen LogP contribution in [0.25, 0.3) is 0 Å². The third-order valence-corrected chi connectivity index (χ3v) is 3.56. The maximum Gasteiger partial charge on any atom is 0.335 e. The highest BCUT2D eigenvalue weighted by atomic mass is 79.9. The third-order valence-electron chi connectivity index (χ3n) is 3.10. The quantitative estimate of drug-likeness (QED) is 0.896. The summed E-state index contributed by atoms with van der Waals surface area (Å²) < 4.78 is 6.17. The summed E-state index contributed by atoms with van der Waals surface area (Å²) in [7, 11) is 0. The number of halogens is 1. The molecule has 1 fully saturated rings. The van der Waals surface area contributed by atoms with Gasteiger partial charge in [0.15, 0.2) is 0 Å². The molecule has 1 aromatic carbocycles. The van der Waals surface area contributed by atoms with Crippen LogP contribution < -0.4 is 0 Å². The first-order valence-electron chi connectivity index (χ1n) is 6.35. The Morgan fingerprint density at radius 2 is 1.75 bits per heavy atom. The Morgan fingerprint density at radius 3 is 2.30 bits per heavy atom. The molecule has 0 aliphatic carbocycles. The summed E-state index contributed by atoms with van der Waals surface area (Å²) in [6.07, 6.45) is -0.0393. The average Bonchev–Trinajstić information content (AvgIpc) is 2.35. The molecule has 6 heteroatoms. The fraction of sp³-hybridized carbons (Fsp3) is 0.429. The molecular weight excluding hydrogens is 326 g/mol. The Balaban J connectivity index is 2.26. The molecule has 0 spiro atoms. The molecule has 1 saturated heterocycles. The second kappa shape index (κ2) is 5.93. The number of hydrogen-bond acceptors (Lipinski definition) is 3. The van der Waals surface area contributed by atoms with Crippen molar-refractivity contribution in [2.24, 2.45) is 0 Å². The van der Waals surface area contributed by atoms with E-state index in [1.165, 1.54) is 12.1 Å². The van der Waals surface area contributed by atoms with Crippen molar-refractivity contribution < 1.29 is 19.4 Å². The zero-order chi connectivity index (χ0) is 14.9. The molecule has 2 atom stereocenters. The zero-order valence-corrected chi connectivity index (χ0v) is 12.9. The van der Waals surface area contributed by atoms with E-state index in [2.05, 4.69) is 15.9 Å². The average molecular weight is 342 g/mol. The number of benzene rings is 1. The second-order valence-electron chi connectivity index (χ2n) is 5.00. The van der Waals surface area contributed by atoms with Gasteiger partial charge in [0.05, 0.1) is 17.8 Å². The SMILES string of the molecule is C[C@@H]1CN(C(=O)c2cc(Br)cc(C(=O)O)c2)C[C@H](C)O1. The molecule has 1 aliphatic heterocycles. The van der Waals surface area contributed by atoms with Gasteiger partial charge in [-0.05, 0) is 32.0 Å². The summed E-state index contributed by atoms with van der Waals surface area (Å²) in [5.41, 5.74) is 0.468. The summed E-state index contributed by atoms with van der Waals surface area (Å²) in [4.78, 5) is 25.2. The van der Waals surface area contributed by atoms with Gasteiger partial charge in [0, 0.05) is 23.1 Å². The van der Waals surface area contributed by atoms with Crippen LogP contribution in [0.5, 0.6) is 0 Å². The summed E-state index contributed by atoms with van der Waals surface area (Å²) in [5, 5.41) is 9.04. The number of carboxylic acid groups (broad SMARTS) is 1. The number of amides is 1. The van der Waals surface area contributed by atoms with Crippen molar-refractivity contribution in [3.05, 3.63) is 33.8 Å². The maximum absolute atomic E-state index is 12.5. The topological polar surface area (TPSA) is 66.8 Å². The van der Waals surface area contributed by atoms with Gasteiger partial charge in [-0.1, -0.05) is 15.9 Å². The van der Waals surface area contributed by atoms with E-state index in [4.69, 9.17) is 9.84 Å². The predicted molar refractivity (Wildman–Crippen MR) is 77.0 cm³/mol. The standard InChI is InChI=1S/C14H16BrNO4/c1-8-6-16(7-9(2)20-8)13(17)10-3-11(14(18)19)5-12(15)4-10/h3-5,8-9H,6-7H2,1-2H3,(H,18,19)/t8-,9+. The first-order valence-corrected chi connectivity index (χ1v) is 7.14. The van der Waals surface area contributed by atoms with Crippen molar-refractivity contribution in [3.63, 3.8) is 0 Å². The lowest BCUT2D eigenvalue weighted by Gasteiger charge is -2.35. The molecule has 5 nitrogen and oxygen atoms in total. The number of rotatable bonds is 2. The number of ether oxygens (including phenoxy) is 1. The minimum Gasteiger partial charge on any atom is -0.478 e. The molecule has 1 aromatic rings. The maximum atomic E-state index is 12.5. The van der Waals surface area contributed by atoms with Crippen molar-refractivity contribution in [1.82, 2.24) is 4.90 Å². The van der Waals surface area contributed by atoms with Crippen LogP contribution in [0.4, 0.5) is 0 Å². The van der Waals surface area contributed by atoms with E-state index in [1.54, 1.807) is 11.0 Å². The Morgan fingerprint density at radius 1 is 1.20 bits per heavy atom. The number of nitrogens with zero attached hydrogens (tertiary/aromatic N) is 1. The molecule has 0 saturated carbocycles. The van der Waals surface area contributed by atoms with Gasteiger partial charge in [0.1, 0.15) is 0 Å². The fourth-order valence-electron chi connectivity index (χ4n) is 2.36. The molecule has 1 heterocycles. The largest absolute Gasteiger partial charge is 0.478 e. The normalized spacial score (nSPS) is 22.6. The van der Waals surface area contributed by atoms with Crippen LogP contribution in [0.3, 0.4) is 0 Å². The van der Waals surface area contributed by atoms with E-state index in [0.29, 0.717) is 23.1 Å². The molecule has 0 unspecified atom stereocenters. The van der Waals surface area contributed by atoms with E-state index in [9.17, 15) is 9.59 Å². The highest BCUT2D eigenvalue weighted by molar-refractivity contribution is 9.10. The van der Waals surface area contributed by atoms with Crippen LogP contribution >= 0.6 is 15.9 Å². The summed E-state index contributed by atoms with van der Waals surface area (Å²) >= 11 is 3.24. The molecule has 1 N–H and O–H groups in total. The Bertz CT molecular complexity index is 536. The van der Waals surface area contributed by atoms with Gasteiger partial charge in [0.2, 0.25) is 0 Å². The molecule has 0 bridgehead atoms. The smallest absolute Gasteiger partial charge is 0.335 e. The number of carboxylic acids is 1. The molecule has 1 aliphatic rings. The Hall–Kier alpha value is -1.40. The minimum absolute atomic E-state index is 0.0196. The monoisotopic (exact) mass is 341 g/mol. The number of hydrogen-bond donors (Lipinski definition) is 1. The van der Waals surface area contributed by atoms with Gasteiger partial charge < -0.3 is 14.7 Å². The first kappa shape index (κ1) is 15.0. The number of carbonyl (C=O) groups excluding carboxylic acids is 1. The van der Waals surface area contributed by atoms with Gasteiger partial charge >= 0.3 is 5.97 Å². The van der Waals surface area contributed by atoms with E-state index in [1.807, 2.05) is 13.8 Å². The van der Waals surface area contributed by atoms with Crippen LogP contribution in [0.15, 0.2) is 22.7 Å². The van der Waals surface area contributed by atoms with E-state index in [0.717, 1.165) is 0 Å². The lowest BCUT2D eigenvalue weighted by Crippen LogP contribution is -2.48. The Kier molecular flexibility index (Phi) is 4.45. The lowest BCUT2D eigenvalue weighted by atomic mass is 10.1. The van der Waals surface area contributed by atoms with Crippen molar-refractivity contribution >= 4 is 27.8 Å². The van der Waals surface area contributed by atoms with Crippen molar-refractivity contribution in [1.29, 1.82) is 0 Å². The number of morpholine rings is 1. The zero-order valence-electron chi connectivity index (χ0n) is 11.3. The summed E-state index contributed by atoms with van der Waals surface area (Å²) in [6, 6.07) is 4.52. The highest BCUT2D eigenvalue weighted by Gasteiger charge is 2.27. The van der Waals surface area contributed by atoms with Crippen LogP contribution in [-0.4, -0.2) is 47.2 Å². The molecule has 0 aromatic heterocycles. The third kappa shape index (κ3) is 3.37. The predicted octanol–water partition coefficient (Wildman–Crippen LogP) is 2.40. The molecular formula is C14H16BrNO4. The molecule has 1 amide bonds. The number of aromatic carboxylic acids is 1. The number of carbonyl (C=O) groups is 2. The first-order chi connectivity index (χ1) is 9.36. The lowest BCUT2D eigenvalue weighted by molar-refractivity contribution is -0.0586. The van der Waals surface area contributed by atoms with E-state index < -0.39 is 5.97 Å².